The third kappa shape index (κ3) is 3.96. The van der Waals surface area contributed by atoms with Crippen LogP contribution in [0.1, 0.15) is 35.7 Å². The van der Waals surface area contributed by atoms with Crippen LogP contribution in [0.3, 0.4) is 0 Å². The second kappa shape index (κ2) is 7.56. The minimum absolute atomic E-state index is 0.0696. The Bertz CT molecular complexity index is 624. The Hall–Kier alpha value is -1.66. The molecule has 1 saturated heterocycles. The molecule has 6 heteroatoms. The van der Waals surface area contributed by atoms with Crippen molar-refractivity contribution in [2.75, 3.05) is 13.6 Å². The van der Waals surface area contributed by atoms with Crippen molar-refractivity contribution in [2.24, 2.45) is 0 Å². The van der Waals surface area contributed by atoms with E-state index in [2.05, 4.69) is 12.2 Å². The summed E-state index contributed by atoms with van der Waals surface area (Å²) in [6.07, 6.45) is 3.82. The number of likely N-dealkylation sites (N-methyl/N-ethyl adjacent to an activating group) is 1. The third-order valence-corrected chi connectivity index (χ3v) is 4.76. The van der Waals surface area contributed by atoms with Crippen LogP contribution < -0.4 is 5.32 Å². The number of rotatable bonds is 5. The quantitative estimate of drug-likeness (QED) is 0.511. The highest BCUT2D eigenvalue weighted by Gasteiger charge is 2.28. The zero-order valence-corrected chi connectivity index (χ0v) is 14.2. The molecule has 1 aromatic carbocycles. The number of carbonyl (C=O) groups is 2. The highest BCUT2D eigenvalue weighted by molar-refractivity contribution is 8.26. The molecule has 0 aromatic heterocycles. The van der Waals surface area contributed by atoms with Gasteiger partial charge in [-0.15, -0.1) is 0 Å². The van der Waals surface area contributed by atoms with Crippen LogP contribution in [0.15, 0.2) is 29.2 Å². The maximum Gasteiger partial charge on any atom is 0.265 e. The predicted octanol–water partition coefficient (Wildman–Crippen LogP) is 3.05. The first kappa shape index (κ1) is 16.7. The fraction of sp³-hybridized carbons (Fsp3) is 0.312. The maximum atomic E-state index is 11.9. The van der Waals surface area contributed by atoms with E-state index in [1.807, 2.05) is 12.1 Å². The summed E-state index contributed by atoms with van der Waals surface area (Å²) in [7, 11) is 1.67. The van der Waals surface area contributed by atoms with E-state index in [4.69, 9.17) is 12.2 Å². The number of benzene rings is 1. The van der Waals surface area contributed by atoms with Crippen LogP contribution in [0.25, 0.3) is 6.08 Å². The van der Waals surface area contributed by atoms with Gasteiger partial charge in [0.2, 0.25) is 0 Å². The molecule has 0 bridgehead atoms. The number of carbonyl (C=O) groups excluding carboxylic acids is 2. The van der Waals surface area contributed by atoms with Gasteiger partial charge in [0.05, 0.1) is 4.91 Å². The van der Waals surface area contributed by atoms with Gasteiger partial charge in [-0.2, -0.15) is 0 Å². The molecule has 1 aliphatic heterocycles. The lowest BCUT2D eigenvalue weighted by Gasteiger charge is -2.05. The number of hydrogen-bond acceptors (Lipinski definition) is 4. The smallest absolute Gasteiger partial charge is 0.265 e. The summed E-state index contributed by atoms with van der Waals surface area (Å²) >= 11 is 6.38. The molecule has 22 heavy (non-hydrogen) atoms. The fourth-order valence-corrected chi connectivity index (χ4v) is 3.09. The third-order valence-electron chi connectivity index (χ3n) is 3.27. The van der Waals surface area contributed by atoms with E-state index in [9.17, 15) is 9.59 Å². The molecular formula is C16H18N2O2S2. The Morgan fingerprint density at radius 3 is 2.59 bits per heavy atom. The molecule has 0 aliphatic carbocycles. The minimum atomic E-state index is -0.0867. The summed E-state index contributed by atoms with van der Waals surface area (Å²) in [4.78, 5) is 25.9. The highest BCUT2D eigenvalue weighted by atomic mass is 32.2. The van der Waals surface area contributed by atoms with Crippen molar-refractivity contribution in [2.45, 2.75) is 19.8 Å². The molecule has 0 spiro atoms. The Kier molecular flexibility index (Phi) is 5.74. The van der Waals surface area contributed by atoms with Crippen molar-refractivity contribution in [1.82, 2.24) is 10.2 Å². The molecule has 1 aliphatic rings. The van der Waals surface area contributed by atoms with Crippen molar-refractivity contribution in [3.05, 3.63) is 40.3 Å². The monoisotopic (exact) mass is 334 g/mol. The molecule has 1 aromatic rings. The number of unbranched alkanes of at least 4 members (excludes halogenated alkanes) is 1. The average Bonchev–Trinajstić information content (AvgIpc) is 2.75. The summed E-state index contributed by atoms with van der Waals surface area (Å²) in [6, 6.07) is 7.19. The number of nitrogens with zero attached hydrogens (tertiary/aromatic N) is 1. The molecule has 1 fully saturated rings. The van der Waals surface area contributed by atoms with Crippen LogP contribution in [0.2, 0.25) is 0 Å². The van der Waals surface area contributed by atoms with E-state index in [1.54, 1.807) is 25.3 Å². The molecule has 4 nitrogen and oxygen atoms in total. The van der Waals surface area contributed by atoms with Crippen molar-refractivity contribution in [3.8, 4) is 0 Å². The van der Waals surface area contributed by atoms with Crippen LogP contribution in [-0.4, -0.2) is 34.6 Å². The van der Waals surface area contributed by atoms with Gasteiger partial charge in [-0.3, -0.25) is 14.5 Å². The summed E-state index contributed by atoms with van der Waals surface area (Å²) in [6.45, 7) is 2.77. The lowest BCUT2D eigenvalue weighted by atomic mass is 10.1. The van der Waals surface area contributed by atoms with Crippen molar-refractivity contribution >= 4 is 46.2 Å². The minimum Gasteiger partial charge on any atom is -0.352 e. The van der Waals surface area contributed by atoms with Gasteiger partial charge in [0.1, 0.15) is 4.32 Å². The number of nitrogens with one attached hydrogen (secondary N) is 1. The van der Waals surface area contributed by atoms with Crippen molar-refractivity contribution < 1.29 is 9.59 Å². The lowest BCUT2D eigenvalue weighted by molar-refractivity contribution is -0.121. The number of thiocarbonyl (C=S) groups is 1. The van der Waals surface area contributed by atoms with Crippen LogP contribution in [-0.2, 0) is 4.79 Å². The number of thioether (sulfide) groups is 1. The largest absolute Gasteiger partial charge is 0.352 e. The summed E-state index contributed by atoms with van der Waals surface area (Å²) in [5.41, 5.74) is 1.50. The van der Waals surface area contributed by atoms with Gasteiger partial charge in [0, 0.05) is 19.2 Å². The molecule has 2 amide bonds. The predicted molar refractivity (Wildman–Crippen MR) is 94.6 cm³/mol. The summed E-state index contributed by atoms with van der Waals surface area (Å²) in [5, 5.41) is 2.87. The van der Waals surface area contributed by atoms with Crippen LogP contribution in [0, 0.1) is 0 Å². The molecule has 116 valence electrons. The van der Waals surface area contributed by atoms with Crippen LogP contribution in [0.5, 0.6) is 0 Å². The Labute approximate surface area is 140 Å². The molecule has 1 heterocycles. The van der Waals surface area contributed by atoms with Gasteiger partial charge in [-0.05, 0) is 30.2 Å². The molecule has 0 unspecified atom stereocenters. The van der Waals surface area contributed by atoms with E-state index >= 15 is 0 Å². The summed E-state index contributed by atoms with van der Waals surface area (Å²) < 4.78 is 0.558. The molecule has 0 saturated carbocycles. The molecule has 2 rings (SSSR count). The average molecular weight is 334 g/mol. The standard InChI is InChI=1S/C16H18N2O2S2/c1-3-4-9-17-14(19)12-7-5-11(6-8-12)10-13-15(20)18(2)16(21)22-13/h5-8,10H,3-4,9H2,1-2H3,(H,17,19). The Morgan fingerprint density at radius 2 is 2.05 bits per heavy atom. The molecule has 0 atom stereocenters. The number of hydrogen-bond donors (Lipinski definition) is 1. The first-order valence-electron chi connectivity index (χ1n) is 7.12. The van der Waals surface area contributed by atoms with Gasteiger partial charge in [-0.25, -0.2) is 0 Å². The van der Waals surface area contributed by atoms with Gasteiger partial charge >= 0.3 is 0 Å². The number of amides is 2. The highest BCUT2D eigenvalue weighted by Crippen LogP contribution is 2.31. The van der Waals surface area contributed by atoms with Gasteiger partial charge in [0.15, 0.2) is 0 Å². The van der Waals surface area contributed by atoms with Gasteiger partial charge in [-0.1, -0.05) is 49.5 Å². The first-order chi connectivity index (χ1) is 10.5. The molecule has 0 radical (unpaired) electrons. The van der Waals surface area contributed by atoms with Crippen molar-refractivity contribution in [3.63, 3.8) is 0 Å². The molecule has 1 N–H and O–H groups in total. The summed E-state index contributed by atoms with van der Waals surface area (Å²) in [5.74, 6) is -0.156. The SMILES string of the molecule is CCCCNC(=O)c1ccc(C=C2SC(=S)N(C)C2=O)cc1. The maximum absolute atomic E-state index is 11.9. The zero-order valence-electron chi connectivity index (χ0n) is 12.6. The fourth-order valence-electron chi connectivity index (χ4n) is 1.91. The molecular weight excluding hydrogens is 316 g/mol. The van der Waals surface area contributed by atoms with E-state index in [0.717, 1.165) is 18.4 Å². The van der Waals surface area contributed by atoms with E-state index in [1.165, 1.54) is 16.7 Å². The second-order valence-electron chi connectivity index (χ2n) is 4.97. The van der Waals surface area contributed by atoms with Gasteiger partial charge in [0.25, 0.3) is 11.8 Å². The second-order valence-corrected chi connectivity index (χ2v) is 6.65. The van der Waals surface area contributed by atoms with Crippen LogP contribution >= 0.6 is 24.0 Å². The van der Waals surface area contributed by atoms with Gasteiger partial charge < -0.3 is 5.32 Å². The topological polar surface area (TPSA) is 49.4 Å². The lowest BCUT2D eigenvalue weighted by Crippen LogP contribution is -2.24. The first-order valence-corrected chi connectivity index (χ1v) is 8.35. The van der Waals surface area contributed by atoms with E-state index in [0.29, 0.717) is 21.3 Å². The normalized spacial score (nSPS) is 16.5. The Morgan fingerprint density at radius 1 is 1.36 bits per heavy atom. The van der Waals surface area contributed by atoms with Crippen molar-refractivity contribution in [1.29, 1.82) is 0 Å². The Balaban J connectivity index is 2.05. The van der Waals surface area contributed by atoms with E-state index in [-0.39, 0.29) is 11.8 Å². The zero-order chi connectivity index (χ0) is 16.1. The van der Waals surface area contributed by atoms with Crippen LogP contribution in [0.4, 0.5) is 0 Å². The van der Waals surface area contributed by atoms with E-state index < -0.39 is 0 Å².